The molecule has 1 fully saturated rings. The number of benzene rings is 2. The Morgan fingerprint density at radius 2 is 1.94 bits per heavy atom. The lowest BCUT2D eigenvalue weighted by atomic mass is 10.0. The molecule has 1 saturated heterocycles. The smallest absolute Gasteiger partial charge is 0.319 e. The molecular formula is C25H28N4O3S. The number of rotatable bonds is 9. The molecule has 0 radical (unpaired) electrons. The van der Waals surface area contributed by atoms with Gasteiger partial charge < -0.3 is 20.7 Å². The summed E-state index contributed by atoms with van der Waals surface area (Å²) in [5.41, 5.74) is 2.31. The summed E-state index contributed by atoms with van der Waals surface area (Å²) < 4.78 is 5.21. The number of anilines is 1. The fourth-order valence-electron chi connectivity index (χ4n) is 3.71. The summed E-state index contributed by atoms with van der Waals surface area (Å²) in [5.74, 6) is 0.678. The third-order valence-corrected chi connectivity index (χ3v) is 6.57. The highest BCUT2D eigenvalue weighted by Gasteiger charge is 2.28. The van der Waals surface area contributed by atoms with Crippen molar-refractivity contribution in [3.63, 3.8) is 0 Å². The third kappa shape index (κ3) is 6.34. The number of methoxy groups -OCH3 is 1. The second kappa shape index (κ2) is 11.0. The van der Waals surface area contributed by atoms with Gasteiger partial charge in [-0.1, -0.05) is 24.3 Å². The molecule has 3 amide bonds. The molecule has 8 heteroatoms. The molecule has 7 nitrogen and oxygen atoms in total. The van der Waals surface area contributed by atoms with Gasteiger partial charge >= 0.3 is 6.03 Å². The maximum absolute atomic E-state index is 12.4. The molecule has 4 rings (SSSR count). The van der Waals surface area contributed by atoms with Gasteiger partial charge in [-0.05, 0) is 53.8 Å². The molecule has 172 valence electrons. The number of nitrogens with one attached hydrogen (secondary N) is 3. The van der Waals surface area contributed by atoms with Crippen LogP contribution in [0.2, 0.25) is 0 Å². The SMILES string of the molecule is COc1ccc(CN2CCC2CNC(=O)Nc2cccc(C(=O)NCc3cccs3)c2)cc1. The lowest BCUT2D eigenvalue weighted by Gasteiger charge is -2.41. The molecule has 2 heterocycles. The fraction of sp³-hybridized carbons (Fsp3) is 0.280. The van der Waals surface area contributed by atoms with Crippen molar-refractivity contribution in [3.05, 3.63) is 82.0 Å². The minimum atomic E-state index is -0.276. The van der Waals surface area contributed by atoms with Crippen LogP contribution in [0.5, 0.6) is 5.75 Å². The highest BCUT2D eigenvalue weighted by molar-refractivity contribution is 7.09. The van der Waals surface area contributed by atoms with Crippen LogP contribution in [0.1, 0.15) is 27.2 Å². The molecule has 0 spiro atoms. The van der Waals surface area contributed by atoms with Gasteiger partial charge in [0.05, 0.1) is 13.7 Å². The molecule has 1 aromatic heterocycles. The summed E-state index contributed by atoms with van der Waals surface area (Å²) in [6.45, 7) is 2.93. The van der Waals surface area contributed by atoms with Crippen molar-refractivity contribution in [1.29, 1.82) is 0 Å². The van der Waals surface area contributed by atoms with Gasteiger partial charge in [-0.2, -0.15) is 0 Å². The fourth-order valence-corrected chi connectivity index (χ4v) is 4.35. The molecule has 0 saturated carbocycles. The first-order valence-electron chi connectivity index (χ1n) is 10.9. The molecule has 1 aliphatic heterocycles. The monoisotopic (exact) mass is 464 g/mol. The Morgan fingerprint density at radius 3 is 2.64 bits per heavy atom. The first-order chi connectivity index (χ1) is 16.1. The van der Waals surface area contributed by atoms with Gasteiger partial charge in [0.25, 0.3) is 5.91 Å². The predicted molar refractivity (Wildman–Crippen MR) is 131 cm³/mol. The number of hydrogen-bond acceptors (Lipinski definition) is 5. The van der Waals surface area contributed by atoms with E-state index in [-0.39, 0.29) is 11.9 Å². The van der Waals surface area contributed by atoms with E-state index in [1.807, 2.05) is 29.6 Å². The number of carbonyl (C=O) groups excluding carboxylic acids is 2. The van der Waals surface area contributed by atoms with Crippen LogP contribution >= 0.6 is 11.3 Å². The summed E-state index contributed by atoms with van der Waals surface area (Å²) in [6, 6.07) is 19.0. The summed E-state index contributed by atoms with van der Waals surface area (Å²) >= 11 is 1.60. The molecular weight excluding hydrogens is 436 g/mol. The van der Waals surface area contributed by atoms with Gasteiger partial charge in [-0.15, -0.1) is 11.3 Å². The van der Waals surface area contributed by atoms with Gasteiger partial charge in [0.1, 0.15) is 5.75 Å². The average Bonchev–Trinajstić information content (AvgIpc) is 3.34. The van der Waals surface area contributed by atoms with Crippen LogP contribution in [0.3, 0.4) is 0 Å². The van der Waals surface area contributed by atoms with Crippen LogP contribution in [-0.4, -0.2) is 43.1 Å². The van der Waals surface area contributed by atoms with Gasteiger partial charge in [0.2, 0.25) is 0 Å². The Bertz CT molecular complexity index is 1070. The van der Waals surface area contributed by atoms with Gasteiger partial charge in [-0.3, -0.25) is 9.69 Å². The number of urea groups is 1. The lowest BCUT2D eigenvalue weighted by molar-refractivity contribution is 0.0834. The zero-order valence-corrected chi connectivity index (χ0v) is 19.4. The molecule has 1 aliphatic rings. The Hall–Kier alpha value is -3.36. The van der Waals surface area contributed by atoms with Gasteiger partial charge in [0, 0.05) is 41.8 Å². The van der Waals surface area contributed by atoms with Crippen molar-refractivity contribution in [2.45, 2.75) is 25.6 Å². The van der Waals surface area contributed by atoms with E-state index < -0.39 is 0 Å². The van der Waals surface area contributed by atoms with Crippen molar-refractivity contribution in [3.8, 4) is 5.75 Å². The Labute approximate surface area is 197 Å². The Morgan fingerprint density at radius 1 is 1.09 bits per heavy atom. The molecule has 0 bridgehead atoms. The zero-order valence-electron chi connectivity index (χ0n) is 18.5. The van der Waals surface area contributed by atoms with E-state index in [1.165, 1.54) is 5.56 Å². The summed E-state index contributed by atoms with van der Waals surface area (Å²) in [5, 5.41) is 10.7. The van der Waals surface area contributed by atoms with E-state index in [0.717, 1.165) is 30.1 Å². The van der Waals surface area contributed by atoms with Gasteiger partial charge in [0.15, 0.2) is 0 Å². The number of thiophene rings is 1. The van der Waals surface area contributed by atoms with E-state index in [1.54, 1.807) is 42.7 Å². The predicted octanol–water partition coefficient (Wildman–Crippen LogP) is 4.08. The number of likely N-dealkylation sites (tertiary alicyclic amines) is 1. The molecule has 3 aromatic rings. The number of nitrogens with zero attached hydrogens (tertiary/aromatic N) is 1. The minimum absolute atomic E-state index is 0.170. The zero-order chi connectivity index (χ0) is 23.0. The maximum Gasteiger partial charge on any atom is 0.319 e. The topological polar surface area (TPSA) is 82.7 Å². The number of hydrogen-bond donors (Lipinski definition) is 3. The largest absolute Gasteiger partial charge is 0.497 e. The second-order valence-electron chi connectivity index (χ2n) is 7.94. The standard InChI is InChI=1S/C25H28N4O3S/c1-32-22-9-7-18(8-10-22)17-29-12-11-21(29)15-27-25(31)28-20-5-2-4-19(14-20)24(30)26-16-23-6-3-13-33-23/h2-10,13-14,21H,11-12,15-17H2,1H3,(H,26,30)(H2,27,28,31). The van der Waals surface area contributed by atoms with Gasteiger partial charge in [-0.25, -0.2) is 4.79 Å². The van der Waals surface area contributed by atoms with Crippen LogP contribution in [0.4, 0.5) is 10.5 Å². The van der Waals surface area contributed by atoms with Crippen LogP contribution in [-0.2, 0) is 13.1 Å². The van der Waals surface area contributed by atoms with E-state index in [0.29, 0.717) is 30.4 Å². The molecule has 1 unspecified atom stereocenters. The summed E-state index contributed by atoms with van der Waals surface area (Å²) in [4.78, 5) is 28.3. The maximum atomic E-state index is 12.4. The quantitative estimate of drug-likeness (QED) is 0.446. The molecule has 2 aromatic carbocycles. The first-order valence-corrected chi connectivity index (χ1v) is 11.8. The molecule has 3 N–H and O–H groups in total. The van der Waals surface area contributed by atoms with Crippen molar-refractivity contribution < 1.29 is 14.3 Å². The second-order valence-corrected chi connectivity index (χ2v) is 8.97. The normalized spacial score (nSPS) is 15.4. The Kier molecular flexibility index (Phi) is 7.59. The van der Waals surface area contributed by atoms with Crippen molar-refractivity contribution in [1.82, 2.24) is 15.5 Å². The van der Waals surface area contributed by atoms with Crippen LogP contribution < -0.4 is 20.7 Å². The van der Waals surface area contributed by atoms with Crippen molar-refractivity contribution >= 4 is 29.0 Å². The van der Waals surface area contributed by atoms with E-state index in [9.17, 15) is 9.59 Å². The average molecular weight is 465 g/mol. The van der Waals surface area contributed by atoms with Crippen molar-refractivity contribution in [2.75, 3.05) is 25.5 Å². The number of carbonyl (C=O) groups is 2. The van der Waals surface area contributed by atoms with Crippen LogP contribution in [0.25, 0.3) is 0 Å². The molecule has 1 atom stereocenters. The van der Waals surface area contributed by atoms with Crippen LogP contribution in [0.15, 0.2) is 66.0 Å². The highest BCUT2D eigenvalue weighted by atomic mass is 32.1. The summed E-state index contributed by atoms with van der Waals surface area (Å²) in [6.07, 6.45) is 1.05. The van der Waals surface area contributed by atoms with E-state index >= 15 is 0 Å². The highest BCUT2D eigenvalue weighted by Crippen LogP contribution is 2.21. The number of amides is 3. The van der Waals surface area contributed by atoms with E-state index in [2.05, 4.69) is 33.0 Å². The van der Waals surface area contributed by atoms with Crippen molar-refractivity contribution in [2.24, 2.45) is 0 Å². The van der Waals surface area contributed by atoms with Crippen LogP contribution in [0, 0.1) is 0 Å². The summed E-state index contributed by atoms with van der Waals surface area (Å²) in [7, 11) is 1.66. The lowest BCUT2D eigenvalue weighted by Crippen LogP contribution is -2.53. The molecule has 33 heavy (non-hydrogen) atoms. The van der Waals surface area contributed by atoms with E-state index in [4.69, 9.17) is 4.74 Å². The molecule has 0 aliphatic carbocycles. The third-order valence-electron chi connectivity index (χ3n) is 5.69. The number of ether oxygens (including phenoxy) is 1. The Balaban J connectivity index is 1.22. The first kappa shape index (κ1) is 22.8. The minimum Gasteiger partial charge on any atom is -0.497 e.